The van der Waals surface area contributed by atoms with Crippen molar-refractivity contribution in [2.45, 2.75) is 24.0 Å². The summed E-state index contributed by atoms with van der Waals surface area (Å²) in [5, 5.41) is 12.8. The minimum Gasteiger partial charge on any atom is -0.342 e. The highest BCUT2D eigenvalue weighted by Crippen LogP contribution is 2.29. The maximum Gasteiger partial charge on any atom is 0.398 e. The van der Waals surface area contributed by atoms with Gasteiger partial charge < -0.3 is 10.6 Å². The van der Waals surface area contributed by atoms with Crippen LogP contribution in [0.4, 0.5) is 19.1 Å². The summed E-state index contributed by atoms with van der Waals surface area (Å²) in [5.41, 5.74) is 0.0965. The van der Waals surface area contributed by atoms with E-state index in [0.717, 1.165) is 6.34 Å². The highest BCUT2D eigenvalue weighted by molar-refractivity contribution is 7.99. The molecule has 1 amide bonds. The smallest absolute Gasteiger partial charge is 0.342 e. The average molecular weight is 445 g/mol. The lowest BCUT2D eigenvalue weighted by atomic mass is 10.2. The Bertz CT molecular complexity index is 894. The molecule has 7 nitrogen and oxygen atoms in total. The normalized spacial score (nSPS) is 12.9. The number of amidine groups is 1. The van der Waals surface area contributed by atoms with Crippen molar-refractivity contribution in [1.82, 2.24) is 15.3 Å². The molecule has 2 aromatic rings. The third-order valence-corrected chi connectivity index (χ3v) is 4.56. The van der Waals surface area contributed by atoms with Gasteiger partial charge in [0.05, 0.1) is 11.8 Å². The SMILES string of the molecule is C[C@H](NC(=O)c1cc(Cl)cc(SCC(F)(F)F)c1)/C(=N/C=N)Nc1ncccn1. The Balaban J connectivity index is 2.12. The van der Waals surface area contributed by atoms with Crippen LogP contribution in [0.2, 0.25) is 5.02 Å². The molecule has 0 aliphatic heterocycles. The van der Waals surface area contributed by atoms with Crippen molar-refractivity contribution in [2.24, 2.45) is 4.99 Å². The van der Waals surface area contributed by atoms with Crippen molar-refractivity contribution < 1.29 is 18.0 Å². The standard InChI is InChI=1S/C17H16ClF3N6OS/c1-10(14(25-9-22)27-16-23-3-2-4-24-16)26-15(28)11-5-12(18)7-13(6-11)29-8-17(19,20)21/h2-7,9-10H,8H2,1H3,(H,26,28)(H2,22,23,24,25,27)/t10-/m0/s1. The zero-order valence-electron chi connectivity index (χ0n) is 15.0. The van der Waals surface area contributed by atoms with Crippen molar-refractivity contribution in [3.8, 4) is 0 Å². The van der Waals surface area contributed by atoms with E-state index in [9.17, 15) is 18.0 Å². The molecule has 0 unspecified atom stereocenters. The summed E-state index contributed by atoms with van der Waals surface area (Å²) in [7, 11) is 0. The molecule has 0 saturated carbocycles. The molecule has 2 rings (SSSR count). The van der Waals surface area contributed by atoms with E-state index in [4.69, 9.17) is 17.0 Å². The summed E-state index contributed by atoms with van der Waals surface area (Å²) in [6, 6.07) is 4.97. The number of benzene rings is 1. The van der Waals surface area contributed by atoms with E-state index in [-0.39, 0.29) is 27.3 Å². The maximum absolute atomic E-state index is 12.5. The monoisotopic (exact) mass is 444 g/mol. The van der Waals surface area contributed by atoms with Gasteiger partial charge in [-0.15, -0.1) is 11.8 Å². The van der Waals surface area contributed by atoms with Gasteiger partial charge in [-0.05, 0) is 31.2 Å². The van der Waals surface area contributed by atoms with Gasteiger partial charge in [0, 0.05) is 27.9 Å². The van der Waals surface area contributed by atoms with E-state index >= 15 is 0 Å². The van der Waals surface area contributed by atoms with Crippen molar-refractivity contribution in [2.75, 3.05) is 11.1 Å². The number of aliphatic imine (C=N–C) groups is 1. The molecule has 154 valence electrons. The fourth-order valence-corrected chi connectivity index (χ4v) is 3.14. The second kappa shape index (κ2) is 10.2. The van der Waals surface area contributed by atoms with Gasteiger partial charge in [-0.25, -0.2) is 15.0 Å². The summed E-state index contributed by atoms with van der Waals surface area (Å²) in [6.45, 7) is 1.61. The molecular weight excluding hydrogens is 429 g/mol. The first-order chi connectivity index (χ1) is 13.7. The van der Waals surface area contributed by atoms with Crippen LogP contribution in [0.3, 0.4) is 0 Å². The molecule has 1 aromatic carbocycles. The van der Waals surface area contributed by atoms with E-state index in [1.54, 1.807) is 13.0 Å². The van der Waals surface area contributed by atoms with E-state index in [1.807, 2.05) is 0 Å². The van der Waals surface area contributed by atoms with E-state index in [0.29, 0.717) is 11.8 Å². The lowest BCUT2D eigenvalue weighted by molar-refractivity contribution is -0.105. The third-order valence-electron chi connectivity index (χ3n) is 3.30. The summed E-state index contributed by atoms with van der Waals surface area (Å²) in [4.78, 5) is 24.6. The van der Waals surface area contributed by atoms with Crippen LogP contribution in [0.1, 0.15) is 17.3 Å². The van der Waals surface area contributed by atoms with Crippen LogP contribution < -0.4 is 10.6 Å². The topological polar surface area (TPSA) is 103 Å². The molecule has 3 N–H and O–H groups in total. The van der Waals surface area contributed by atoms with Gasteiger partial charge in [-0.2, -0.15) is 13.2 Å². The van der Waals surface area contributed by atoms with Gasteiger partial charge in [-0.1, -0.05) is 11.6 Å². The Kier molecular flexibility index (Phi) is 7.97. The summed E-state index contributed by atoms with van der Waals surface area (Å²) in [6.07, 6.45) is -0.536. The number of alkyl halides is 3. The number of anilines is 1. The molecule has 1 atom stereocenters. The Labute approximate surface area is 173 Å². The molecule has 1 heterocycles. The number of rotatable bonds is 7. The number of aromatic nitrogens is 2. The second-order valence-electron chi connectivity index (χ2n) is 5.62. The quantitative estimate of drug-likeness (QED) is 0.340. The Hall–Kier alpha value is -2.66. The minimum atomic E-state index is -4.34. The second-order valence-corrected chi connectivity index (χ2v) is 7.10. The molecule has 0 radical (unpaired) electrons. The molecular formula is C17H16ClF3N6OS. The van der Waals surface area contributed by atoms with Gasteiger partial charge in [0.1, 0.15) is 12.2 Å². The highest BCUT2D eigenvalue weighted by atomic mass is 35.5. The number of hydrogen-bond donors (Lipinski definition) is 3. The lowest BCUT2D eigenvalue weighted by Gasteiger charge is -2.17. The van der Waals surface area contributed by atoms with Crippen molar-refractivity contribution in [1.29, 1.82) is 5.41 Å². The van der Waals surface area contributed by atoms with Gasteiger partial charge in [-0.3, -0.25) is 10.2 Å². The number of carbonyl (C=O) groups is 1. The van der Waals surface area contributed by atoms with Crippen LogP contribution in [0.15, 0.2) is 46.5 Å². The van der Waals surface area contributed by atoms with Gasteiger partial charge in [0.25, 0.3) is 5.91 Å². The summed E-state index contributed by atoms with van der Waals surface area (Å²) >= 11 is 6.48. The lowest BCUT2D eigenvalue weighted by Crippen LogP contribution is -2.42. The maximum atomic E-state index is 12.5. The Morgan fingerprint density at radius 2 is 2.03 bits per heavy atom. The molecule has 29 heavy (non-hydrogen) atoms. The van der Waals surface area contributed by atoms with E-state index < -0.39 is 23.9 Å². The first kappa shape index (κ1) is 22.6. The molecule has 0 aliphatic rings. The van der Waals surface area contributed by atoms with Crippen LogP contribution in [0.5, 0.6) is 0 Å². The molecule has 1 aromatic heterocycles. The molecule has 0 spiro atoms. The Morgan fingerprint density at radius 1 is 1.34 bits per heavy atom. The van der Waals surface area contributed by atoms with E-state index in [1.165, 1.54) is 30.6 Å². The van der Waals surface area contributed by atoms with Crippen LogP contribution in [0.25, 0.3) is 0 Å². The van der Waals surface area contributed by atoms with E-state index in [2.05, 4.69) is 25.6 Å². The third kappa shape index (κ3) is 7.70. The number of carbonyl (C=O) groups excluding carboxylic acids is 1. The Morgan fingerprint density at radius 3 is 2.66 bits per heavy atom. The number of amides is 1. The summed E-state index contributed by atoms with van der Waals surface area (Å²) < 4.78 is 37.3. The van der Waals surface area contributed by atoms with Gasteiger partial charge >= 0.3 is 6.18 Å². The molecule has 0 fully saturated rings. The fourth-order valence-electron chi connectivity index (χ4n) is 2.09. The molecule has 12 heteroatoms. The van der Waals surface area contributed by atoms with Crippen molar-refractivity contribution in [3.63, 3.8) is 0 Å². The molecule has 0 aliphatic carbocycles. The van der Waals surface area contributed by atoms with Crippen LogP contribution >= 0.6 is 23.4 Å². The van der Waals surface area contributed by atoms with Crippen LogP contribution in [0, 0.1) is 5.41 Å². The number of hydrogen-bond acceptors (Lipinski definition) is 5. The first-order valence-corrected chi connectivity index (χ1v) is 9.46. The minimum absolute atomic E-state index is 0.0965. The molecule has 0 saturated heterocycles. The largest absolute Gasteiger partial charge is 0.398 e. The van der Waals surface area contributed by atoms with Gasteiger partial charge in [0.2, 0.25) is 5.95 Å². The predicted molar refractivity (Wildman–Crippen MR) is 107 cm³/mol. The number of thioether (sulfide) groups is 1. The fraction of sp³-hybridized carbons (Fsp3) is 0.235. The van der Waals surface area contributed by atoms with Crippen LogP contribution in [-0.2, 0) is 0 Å². The van der Waals surface area contributed by atoms with Gasteiger partial charge in [0.15, 0.2) is 0 Å². The number of nitrogens with zero attached hydrogens (tertiary/aromatic N) is 3. The van der Waals surface area contributed by atoms with Crippen molar-refractivity contribution in [3.05, 3.63) is 47.2 Å². The zero-order valence-corrected chi connectivity index (χ0v) is 16.6. The number of halogens is 4. The predicted octanol–water partition coefficient (Wildman–Crippen LogP) is 4.02. The number of nitrogens with one attached hydrogen (secondary N) is 3. The summed E-state index contributed by atoms with van der Waals surface area (Å²) in [5.74, 6) is -1.24. The zero-order chi connectivity index (χ0) is 21.4. The van der Waals surface area contributed by atoms with Crippen molar-refractivity contribution >= 4 is 47.4 Å². The average Bonchev–Trinajstić information content (AvgIpc) is 2.66. The first-order valence-electron chi connectivity index (χ1n) is 8.09. The highest BCUT2D eigenvalue weighted by Gasteiger charge is 2.27. The van der Waals surface area contributed by atoms with Crippen LogP contribution in [-0.4, -0.2) is 46.0 Å². The molecule has 0 bridgehead atoms.